The Hall–Kier alpha value is -1.82. The van der Waals surface area contributed by atoms with Crippen molar-refractivity contribution in [3.05, 3.63) is 23.9 Å². The number of rotatable bonds is 3. The maximum absolute atomic E-state index is 5.46. The highest BCUT2D eigenvalue weighted by Gasteiger charge is 2.08. The predicted octanol–water partition coefficient (Wildman–Crippen LogP) is 0.00222. The van der Waals surface area contributed by atoms with E-state index < -0.39 is 0 Å². The van der Waals surface area contributed by atoms with Gasteiger partial charge in [-0.15, -0.1) is 5.10 Å². The molecule has 78 valence electrons. The van der Waals surface area contributed by atoms with Crippen LogP contribution in [0.5, 0.6) is 0 Å². The molecule has 6 heteroatoms. The van der Waals surface area contributed by atoms with Crippen LogP contribution in [0.25, 0.3) is 11.5 Å². The summed E-state index contributed by atoms with van der Waals surface area (Å²) in [6.45, 7) is 3.10. The molecule has 0 bridgehead atoms. The maximum Gasteiger partial charge on any atom is 0.200 e. The van der Waals surface area contributed by atoms with E-state index in [0.29, 0.717) is 18.9 Å². The number of tetrazole rings is 1. The van der Waals surface area contributed by atoms with E-state index >= 15 is 0 Å². The van der Waals surface area contributed by atoms with E-state index in [1.54, 1.807) is 10.9 Å². The Morgan fingerprint density at radius 2 is 2.33 bits per heavy atom. The summed E-state index contributed by atoms with van der Waals surface area (Å²) < 4.78 is 1.65. The Bertz CT molecular complexity index is 449. The highest BCUT2D eigenvalue weighted by molar-refractivity contribution is 5.49. The highest BCUT2D eigenvalue weighted by atomic mass is 15.5. The minimum Gasteiger partial charge on any atom is -0.329 e. The molecule has 0 amide bonds. The summed E-state index contributed by atoms with van der Waals surface area (Å²) >= 11 is 0. The fourth-order valence-electron chi connectivity index (χ4n) is 1.32. The molecule has 0 aliphatic carbocycles. The molecule has 0 spiro atoms. The van der Waals surface area contributed by atoms with Crippen molar-refractivity contribution in [2.24, 2.45) is 5.73 Å². The highest BCUT2D eigenvalue weighted by Crippen LogP contribution is 2.13. The molecule has 0 aromatic carbocycles. The van der Waals surface area contributed by atoms with Crippen molar-refractivity contribution in [2.75, 3.05) is 6.54 Å². The van der Waals surface area contributed by atoms with Gasteiger partial charge >= 0.3 is 0 Å². The molecule has 2 aromatic heterocycles. The SMILES string of the molecule is Cc1ccnc(-c2nnnn2CCN)c1. The molecule has 2 heterocycles. The number of aromatic nitrogens is 5. The van der Waals surface area contributed by atoms with E-state index in [4.69, 9.17) is 5.73 Å². The van der Waals surface area contributed by atoms with Crippen LogP contribution in [0, 0.1) is 6.92 Å². The van der Waals surface area contributed by atoms with Gasteiger partial charge in [0.1, 0.15) is 5.69 Å². The topological polar surface area (TPSA) is 82.5 Å². The molecule has 2 rings (SSSR count). The molecule has 0 fully saturated rings. The van der Waals surface area contributed by atoms with Crippen LogP contribution in [0.15, 0.2) is 18.3 Å². The van der Waals surface area contributed by atoms with Gasteiger partial charge in [-0.2, -0.15) is 0 Å². The van der Waals surface area contributed by atoms with E-state index in [-0.39, 0.29) is 0 Å². The summed E-state index contributed by atoms with van der Waals surface area (Å²) in [4.78, 5) is 4.22. The Balaban J connectivity index is 2.40. The Kier molecular flexibility index (Phi) is 2.68. The monoisotopic (exact) mass is 204 g/mol. The quantitative estimate of drug-likeness (QED) is 0.761. The van der Waals surface area contributed by atoms with Crippen LogP contribution in [0.1, 0.15) is 5.56 Å². The van der Waals surface area contributed by atoms with Gasteiger partial charge in [-0.3, -0.25) is 4.98 Å². The molecule has 0 aliphatic heterocycles. The van der Waals surface area contributed by atoms with E-state index in [1.807, 2.05) is 19.1 Å². The number of pyridine rings is 1. The second-order valence-electron chi connectivity index (χ2n) is 3.23. The van der Waals surface area contributed by atoms with Gasteiger partial charge in [-0.25, -0.2) is 4.68 Å². The average Bonchev–Trinajstić information content (AvgIpc) is 2.66. The van der Waals surface area contributed by atoms with Crippen molar-refractivity contribution in [3.8, 4) is 11.5 Å². The zero-order valence-corrected chi connectivity index (χ0v) is 8.46. The van der Waals surface area contributed by atoms with Gasteiger partial charge in [0.2, 0.25) is 5.82 Å². The van der Waals surface area contributed by atoms with Gasteiger partial charge in [0.15, 0.2) is 0 Å². The summed E-state index contributed by atoms with van der Waals surface area (Å²) in [6, 6.07) is 3.87. The van der Waals surface area contributed by atoms with Crippen LogP contribution >= 0.6 is 0 Å². The Morgan fingerprint density at radius 3 is 3.07 bits per heavy atom. The fraction of sp³-hybridized carbons (Fsp3) is 0.333. The molecular weight excluding hydrogens is 192 g/mol. The summed E-state index contributed by atoms with van der Waals surface area (Å²) in [5.41, 5.74) is 7.36. The van der Waals surface area contributed by atoms with Crippen LogP contribution < -0.4 is 5.73 Å². The first-order valence-electron chi connectivity index (χ1n) is 4.70. The summed E-state index contributed by atoms with van der Waals surface area (Å²) in [6.07, 6.45) is 1.74. The van der Waals surface area contributed by atoms with Crippen molar-refractivity contribution in [1.82, 2.24) is 25.2 Å². The van der Waals surface area contributed by atoms with Crippen LogP contribution in [0.2, 0.25) is 0 Å². The van der Waals surface area contributed by atoms with Crippen LogP contribution in [0.3, 0.4) is 0 Å². The van der Waals surface area contributed by atoms with Crippen LogP contribution in [-0.2, 0) is 6.54 Å². The van der Waals surface area contributed by atoms with Gasteiger partial charge in [0, 0.05) is 12.7 Å². The largest absolute Gasteiger partial charge is 0.329 e. The van der Waals surface area contributed by atoms with Crippen molar-refractivity contribution in [3.63, 3.8) is 0 Å². The number of nitrogens with two attached hydrogens (primary N) is 1. The van der Waals surface area contributed by atoms with Gasteiger partial charge in [0.25, 0.3) is 0 Å². The third-order valence-electron chi connectivity index (χ3n) is 2.02. The zero-order valence-electron chi connectivity index (χ0n) is 8.46. The van der Waals surface area contributed by atoms with Crippen LogP contribution in [0.4, 0.5) is 0 Å². The van der Waals surface area contributed by atoms with E-state index in [0.717, 1.165) is 11.3 Å². The smallest absolute Gasteiger partial charge is 0.200 e. The van der Waals surface area contributed by atoms with E-state index in [9.17, 15) is 0 Å². The third-order valence-corrected chi connectivity index (χ3v) is 2.02. The Labute approximate surface area is 87.1 Å². The summed E-state index contributed by atoms with van der Waals surface area (Å²) in [5.74, 6) is 0.657. The molecule has 2 N–H and O–H groups in total. The molecular formula is C9H12N6. The molecule has 0 unspecified atom stereocenters. The van der Waals surface area contributed by atoms with Gasteiger partial charge in [-0.1, -0.05) is 0 Å². The first-order valence-corrected chi connectivity index (χ1v) is 4.70. The fourth-order valence-corrected chi connectivity index (χ4v) is 1.32. The van der Waals surface area contributed by atoms with Crippen molar-refractivity contribution < 1.29 is 0 Å². The molecule has 0 saturated heterocycles. The zero-order chi connectivity index (χ0) is 10.7. The molecule has 6 nitrogen and oxygen atoms in total. The third kappa shape index (κ3) is 1.99. The van der Waals surface area contributed by atoms with Gasteiger partial charge < -0.3 is 5.73 Å². The van der Waals surface area contributed by atoms with Gasteiger partial charge in [0.05, 0.1) is 6.54 Å². The predicted molar refractivity (Wildman–Crippen MR) is 54.8 cm³/mol. The lowest BCUT2D eigenvalue weighted by molar-refractivity contribution is 0.602. The van der Waals surface area contributed by atoms with Gasteiger partial charge in [-0.05, 0) is 35.0 Å². The Morgan fingerprint density at radius 1 is 1.47 bits per heavy atom. The second-order valence-corrected chi connectivity index (χ2v) is 3.23. The van der Waals surface area contributed by atoms with E-state index in [1.165, 1.54) is 0 Å². The summed E-state index contributed by atoms with van der Waals surface area (Å²) in [7, 11) is 0. The van der Waals surface area contributed by atoms with Crippen molar-refractivity contribution in [2.45, 2.75) is 13.5 Å². The molecule has 0 radical (unpaired) electrons. The molecule has 15 heavy (non-hydrogen) atoms. The molecule has 2 aromatic rings. The molecule has 0 atom stereocenters. The normalized spacial score (nSPS) is 10.5. The maximum atomic E-state index is 5.46. The minimum absolute atomic E-state index is 0.504. The second kappa shape index (κ2) is 4.14. The number of nitrogens with zero attached hydrogens (tertiary/aromatic N) is 5. The first-order chi connectivity index (χ1) is 7.31. The number of hydrogen-bond donors (Lipinski definition) is 1. The van der Waals surface area contributed by atoms with E-state index in [2.05, 4.69) is 20.5 Å². The number of hydrogen-bond acceptors (Lipinski definition) is 5. The summed E-state index contributed by atoms with van der Waals surface area (Å²) in [5, 5.41) is 11.4. The minimum atomic E-state index is 0.504. The molecule has 0 saturated carbocycles. The van der Waals surface area contributed by atoms with Crippen LogP contribution in [-0.4, -0.2) is 31.7 Å². The van der Waals surface area contributed by atoms with Crippen molar-refractivity contribution in [1.29, 1.82) is 0 Å². The number of aryl methyl sites for hydroxylation is 1. The molecule has 0 aliphatic rings. The lowest BCUT2D eigenvalue weighted by Crippen LogP contribution is -2.12. The first kappa shape index (κ1) is 9.72. The average molecular weight is 204 g/mol. The lowest BCUT2D eigenvalue weighted by atomic mass is 10.2. The standard InChI is InChI=1S/C9H12N6/c1-7-2-4-11-8(6-7)9-12-13-14-15(9)5-3-10/h2,4,6H,3,5,10H2,1H3. The lowest BCUT2D eigenvalue weighted by Gasteiger charge is -2.02. The van der Waals surface area contributed by atoms with Crippen molar-refractivity contribution >= 4 is 0 Å².